The molecular weight excluding hydrogens is 404 g/mol. The summed E-state index contributed by atoms with van der Waals surface area (Å²) in [6, 6.07) is 12.7. The molecule has 31 heavy (non-hydrogen) atoms. The highest BCUT2D eigenvalue weighted by atomic mass is 19.2. The van der Waals surface area contributed by atoms with Crippen LogP contribution in [0.25, 0.3) is 0 Å². The Balaban J connectivity index is 1.31. The first kappa shape index (κ1) is 21.0. The smallest absolute Gasteiger partial charge is 0.254 e. The Labute approximate surface area is 179 Å². The van der Waals surface area contributed by atoms with Crippen molar-refractivity contribution in [3.8, 4) is 0 Å². The third-order valence-corrected chi connectivity index (χ3v) is 5.83. The Kier molecular flexibility index (Phi) is 5.97. The van der Waals surface area contributed by atoms with Crippen molar-refractivity contribution in [1.29, 1.82) is 0 Å². The molecule has 1 atom stereocenters. The van der Waals surface area contributed by atoms with Gasteiger partial charge in [0.2, 0.25) is 11.8 Å². The molecule has 0 radical (unpaired) electrons. The summed E-state index contributed by atoms with van der Waals surface area (Å²) in [5, 5.41) is 0. The molecule has 2 aromatic rings. The summed E-state index contributed by atoms with van der Waals surface area (Å²) in [5.74, 6) is -2.95. The number of rotatable bonds is 4. The summed E-state index contributed by atoms with van der Waals surface area (Å²) in [7, 11) is 0. The van der Waals surface area contributed by atoms with Gasteiger partial charge in [0, 0.05) is 51.3 Å². The predicted octanol–water partition coefficient (Wildman–Crippen LogP) is 2.30. The lowest BCUT2D eigenvalue weighted by molar-refractivity contribution is -0.137. The maximum atomic E-state index is 13.4. The van der Waals surface area contributed by atoms with Crippen molar-refractivity contribution in [2.24, 2.45) is 5.92 Å². The van der Waals surface area contributed by atoms with Gasteiger partial charge < -0.3 is 14.7 Å². The molecule has 0 aliphatic carbocycles. The van der Waals surface area contributed by atoms with Crippen LogP contribution in [0.5, 0.6) is 0 Å². The largest absolute Gasteiger partial charge is 0.339 e. The maximum Gasteiger partial charge on any atom is 0.254 e. The van der Waals surface area contributed by atoms with Crippen LogP contribution in [0, 0.1) is 17.6 Å². The van der Waals surface area contributed by atoms with Gasteiger partial charge in [-0.05, 0) is 23.8 Å². The zero-order valence-corrected chi connectivity index (χ0v) is 17.0. The zero-order chi connectivity index (χ0) is 22.0. The molecule has 2 aromatic carbocycles. The molecule has 0 bridgehead atoms. The van der Waals surface area contributed by atoms with Crippen molar-refractivity contribution in [1.82, 2.24) is 14.7 Å². The third kappa shape index (κ3) is 4.57. The summed E-state index contributed by atoms with van der Waals surface area (Å²) in [6.07, 6.45) is 0.194. The van der Waals surface area contributed by atoms with Crippen LogP contribution in [0.3, 0.4) is 0 Å². The van der Waals surface area contributed by atoms with Crippen LogP contribution in [0.4, 0.5) is 8.78 Å². The standard InChI is InChI=1S/C23H23F2N3O3/c24-19-7-6-17(12-20(19)25)22(30)26-8-10-27(11-9-26)23(31)18-13-21(29)28(15-18)14-16-4-2-1-3-5-16/h1-7,12,18H,8-11,13-15H2. The average molecular weight is 427 g/mol. The fraction of sp³-hybridized carbons (Fsp3) is 0.348. The second-order valence-electron chi connectivity index (χ2n) is 7.91. The first-order valence-electron chi connectivity index (χ1n) is 10.3. The average Bonchev–Trinajstić information content (AvgIpc) is 3.15. The summed E-state index contributed by atoms with van der Waals surface area (Å²) in [5.41, 5.74) is 1.10. The topological polar surface area (TPSA) is 60.9 Å². The van der Waals surface area contributed by atoms with Gasteiger partial charge in [0.05, 0.1) is 5.92 Å². The second kappa shape index (κ2) is 8.83. The quantitative estimate of drug-likeness (QED) is 0.752. The van der Waals surface area contributed by atoms with Crippen LogP contribution in [0.2, 0.25) is 0 Å². The number of amides is 3. The Morgan fingerprint density at radius 3 is 2.26 bits per heavy atom. The lowest BCUT2D eigenvalue weighted by atomic mass is 10.1. The highest BCUT2D eigenvalue weighted by Gasteiger charge is 2.37. The Bertz CT molecular complexity index is 991. The van der Waals surface area contributed by atoms with E-state index >= 15 is 0 Å². The van der Waals surface area contributed by atoms with Crippen LogP contribution < -0.4 is 0 Å². The van der Waals surface area contributed by atoms with Crippen molar-refractivity contribution >= 4 is 17.7 Å². The molecule has 0 aromatic heterocycles. The van der Waals surface area contributed by atoms with E-state index in [1.165, 1.54) is 11.0 Å². The molecule has 2 aliphatic rings. The summed E-state index contributed by atoms with van der Waals surface area (Å²) in [6.45, 7) is 2.17. The van der Waals surface area contributed by atoms with Crippen LogP contribution >= 0.6 is 0 Å². The first-order chi connectivity index (χ1) is 14.9. The minimum atomic E-state index is -1.06. The summed E-state index contributed by atoms with van der Waals surface area (Å²) in [4.78, 5) is 42.7. The number of likely N-dealkylation sites (tertiary alicyclic amines) is 1. The van der Waals surface area contributed by atoms with E-state index in [4.69, 9.17) is 0 Å². The highest BCUT2D eigenvalue weighted by molar-refractivity contribution is 5.94. The van der Waals surface area contributed by atoms with Crippen molar-refractivity contribution in [3.05, 3.63) is 71.3 Å². The predicted molar refractivity (Wildman–Crippen MR) is 109 cm³/mol. The summed E-state index contributed by atoms with van der Waals surface area (Å²) < 4.78 is 26.5. The maximum absolute atomic E-state index is 13.4. The van der Waals surface area contributed by atoms with Gasteiger partial charge in [-0.25, -0.2) is 8.78 Å². The van der Waals surface area contributed by atoms with Crippen LogP contribution in [0.15, 0.2) is 48.5 Å². The molecule has 8 heteroatoms. The van der Waals surface area contributed by atoms with Gasteiger partial charge in [0.1, 0.15) is 0 Å². The van der Waals surface area contributed by atoms with Gasteiger partial charge in [-0.1, -0.05) is 30.3 Å². The highest BCUT2D eigenvalue weighted by Crippen LogP contribution is 2.23. The van der Waals surface area contributed by atoms with E-state index < -0.39 is 17.5 Å². The van der Waals surface area contributed by atoms with Gasteiger partial charge in [-0.2, -0.15) is 0 Å². The van der Waals surface area contributed by atoms with Gasteiger partial charge in [0.25, 0.3) is 5.91 Å². The Morgan fingerprint density at radius 1 is 0.903 bits per heavy atom. The van der Waals surface area contributed by atoms with E-state index in [-0.39, 0.29) is 29.7 Å². The van der Waals surface area contributed by atoms with E-state index in [9.17, 15) is 23.2 Å². The number of hydrogen-bond acceptors (Lipinski definition) is 3. The van der Waals surface area contributed by atoms with Crippen LogP contribution in [-0.4, -0.2) is 65.1 Å². The number of hydrogen-bond donors (Lipinski definition) is 0. The first-order valence-corrected chi connectivity index (χ1v) is 10.3. The minimum Gasteiger partial charge on any atom is -0.339 e. The molecule has 162 valence electrons. The molecule has 3 amide bonds. The number of carbonyl (C=O) groups excluding carboxylic acids is 3. The van der Waals surface area contributed by atoms with E-state index in [0.717, 1.165) is 17.7 Å². The third-order valence-electron chi connectivity index (χ3n) is 5.83. The molecule has 2 heterocycles. The van der Waals surface area contributed by atoms with E-state index in [0.29, 0.717) is 39.3 Å². The minimum absolute atomic E-state index is 0.0330. The molecular formula is C23H23F2N3O3. The number of carbonyl (C=O) groups is 3. The normalized spacial score (nSPS) is 19.1. The van der Waals surface area contributed by atoms with Gasteiger partial charge in [-0.15, -0.1) is 0 Å². The molecule has 0 N–H and O–H groups in total. The molecule has 2 aliphatic heterocycles. The van der Waals surface area contributed by atoms with Gasteiger partial charge in [0.15, 0.2) is 11.6 Å². The molecule has 2 saturated heterocycles. The number of benzene rings is 2. The van der Waals surface area contributed by atoms with Crippen molar-refractivity contribution < 1.29 is 23.2 Å². The molecule has 1 unspecified atom stereocenters. The second-order valence-corrected chi connectivity index (χ2v) is 7.91. The van der Waals surface area contributed by atoms with Gasteiger partial charge >= 0.3 is 0 Å². The monoisotopic (exact) mass is 427 g/mol. The molecule has 0 saturated carbocycles. The molecule has 2 fully saturated rings. The Morgan fingerprint density at radius 2 is 1.58 bits per heavy atom. The van der Waals surface area contributed by atoms with E-state index in [1.807, 2.05) is 30.3 Å². The van der Waals surface area contributed by atoms with Gasteiger partial charge in [-0.3, -0.25) is 14.4 Å². The lowest BCUT2D eigenvalue weighted by Crippen LogP contribution is -2.52. The fourth-order valence-corrected chi connectivity index (χ4v) is 4.09. The number of piperazine rings is 1. The fourth-order valence-electron chi connectivity index (χ4n) is 4.09. The number of halogens is 2. The zero-order valence-electron chi connectivity index (χ0n) is 17.0. The number of nitrogens with zero attached hydrogens (tertiary/aromatic N) is 3. The summed E-state index contributed by atoms with van der Waals surface area (Å²) >= 11 is 0. The van der Waals surface area contributed by atoms with E-state index in [1.54, 1.807) is 9.80 Å². The lowest BCUT2D eigenvalue weighted by Gasteiger charge is -2.36. The molecule has 4 rings (SSSR count). The molecule has 6 nitrogen and oxygen atoms in total. The Hall–Kier alpha value is -3.29. The van der Waals surface area contributed by atoms with Crippen molar-refractivity contribution in [3.63, 3.8) is 0 Å². The van der Waals surface area contributed by atoms with Crippen LogP contribution in [-0.2, 0) is 16.1 Å². The van der Waals surface area contributed by atoms with Crippen molar-refractivity contribution in [2.45, 2.75) is 13.0 Å². The van der Waals surface area contributed by atoms with Crippen LogP contribution in [0.1, 0.15) is 22.3 Å². The van der Waals surface area contributed by atoms with Crippen molar-refractivity contribution in [2.75, 3.05) is 32.7 Å². The van der Waals surface area contributed by atoms with E-state index in [2.05, 4.69) is 0 Å². The SMILES string of the molecule is O=C1CC(C(=O)N2CCN(C(=O)c3ccc(F)c(F)c3)CC2)CN1Cc1ccccc1. The molecule has 0 spiro atoms.